The molecule has 1 aromatic rings. The SMILES string of the molecule is C[C@@H]1O[C@H](N=[N+]=[N-])[C@H](OS(=O)(=O)[O-])[C@H](O)[C@H]1OC(=O)c1ccccc1.[Na+]. The molecule has 0 bridgehead atoms. The maximum absolute atomic E-state index is 12.1. The molecule has 0 radical (unpaired) electrons. The fourth-order valence-corrected chi connectivity index (χ4v) is 2.80. The summed E-state index contributed by atoms with van der Waals surface area (Å²) in [6.45, 7) is 1.41. The number of benzene rings is 1. The van der Waals surface area contributed by atoms with E-state index in [-0.39, 0.29) is 35.1 Å². The molecule has 13 heteroatoms. The van der Waals surface area contributed by atoms with Crippen molar-refractivity contribution in [1.82, 2.24) is 0 Å². The van der Waals surface area contributed by atoms with Gasteiger partial charge in [-0.05, 0) is 24.6 Å². The van der Waals surface area contributed by atoms with Crippen molar-refractivity contribution in [3.63, 3.8) is 0 Å². The number of aliphatic hydroxyl groups is 1. The number of rotatable bonds is 5. The smallest absolute Gasteiger partial charge is 0.726 e. The molecule has 1 aromatic carbocycles. The first-order chi connectivity index (χ1) is 11.7. The Bertz CT molecular complexity index is 771. The summed E-state index contributed by atoms with van der Waals surface area (Å²) < 4.78 is 47.1. The Morgan fingerprint density at radius 3 is 2.50 bits per heavy atom. The van der Waals surface area contributed by atoms with Crippen molar-refractivity contribution in [3.05, 3.63) is 46.3 Å². The van der Waals surface area contributed by atoms with Crippen molar-refractivity contribution in [2.45, 2.75) is 37.6 Å². The number of hydrogen-bond acceptors (Lipinski definition) is 9. The Kier molecular flexibility index (Phi) is 8.47. The summed E-state index contributed by atoms with van der Waals surface area (Å²) in [4.78, 5) is 14.6. The summed E-state index contributed by atoms with van der Waals surface area (Å²) in [6, 6.07) is 7.83. The number of azide groups is 1. The normalized spacial score (nSPS) is 28.3. The number of aliphatic hydroxyl groups excluding tert-OH is 1. The monoisotopic (exact) mass is 395 g/mol. The van der Waals surface area contributed by atoms with Crippen molar-refractivity contribution < 1.29 is 66.1 Å². The predicted octanol–water partition coefficient (Wildman–Crippen LogP) is -2.52. The van der Waals surface area contributed by atoms with Gasteiger partial charge in [0.15, 0.2) is 12.3 Å². The van der Waals surface area contributed by atoms with Crippen LogP contribution in [0, 0.1) is 0 Å². The van der Waals surface area contributed by atoms with Crippen LogP contribution in [-0.4, -0.2) is 54.7 Å². The summed E-state index contributed by atoms with van der Waals surface area (Å²) in [5.74, 6) is -0.800. The molecule has 0 aliphatic carbocycles. The Morgan fingerprint density at radius 2 is 1.96 bits per heavy atom. The van der Waals surface area contributed by atoms with Crippen LogP contribution in [-0.2, 0) is 24.1 Å². The van der Waals surface area contributed by atoms with Crippen LogP contribution in [0.15, 0.2) is 35.4 Å². The molecular weight excluding hydrogens is 381 g/mol. The van der Waals surface area contributed by atoms with E-state index in [2.05, 4.69) is 14.2 Å². The van der Waals surface area contributed by atoms with Gasteiger partial charge in [-0.2, -0.15) is 0 Å². The average molecular weight is 395 g/mol. The zero-order valence-corrected chi connectivity index (χ0v) is 16.6. The van der Waals surface area contributed by atoms with Gasteiger partial charge in [-0.1, -0.05) is 23.3 Å². The average Bonchev–Trinajstić information content (AvgIpc) is 2.55. The van der Waals surface area contributed by atoms with Crippen molar-refractivity contribution >= 4 is 16.4 Å². The van der Waals surface area contributed by atoms with Crippen LogP contribution in [0.5, 0.6) is 0 Å². The van der Waals surface area contributed by atoms with Crippen LogP contribution in [0.2, 0.25) is 0 Å². The number of esters is 1. The van der Waals surface area contributed by atoms with Gasteiger partial charge < -0.3 is 19.1 Å². The Balaban J connectivity index is 0.00000338. The van der Waals surface area contributed by atoms with Crippen LogP contribution in [0.25, 0.3) is 10.4 Å². The second-order valence-corrected chi connectivity index (χ2v) is 6.14. The maximum Gasteiger partial charge on any atom is 1.00 e. The van der Waals surface area contributed by atoms with E-state index in [0.29, 0.717) is 0 Å². The van der Waals surface area contributed by atoms with Crippen LogP contribution in [0.1, 0.15) is 17.3 Å². The fourth-order valence-electron chi connectivity index (χ4n) is 2.32. The van der Waals surface area contributed by atoms with Gasteiger partial charge in [0, 0.05) is 4.91 Å². The molecule has 1 heterocycles. The summed E-state index contributed by atoms with van der Waals surface area (Å²) in [5, 5.41) is 13.4. The predicted molar refractivity (Wildman–Crippen MR) is 79.7 cm³/mol. The number of hydrogen-bond donors (Lipinski definition) is 1. The minimum absolute atomic E-state index is 0. The largest absolute Gasteiger partial charge is 1.00 e. The van der Waals surface area contributed by atoms with E-state index in [1.165, 1.54) is 19.1 Å². The number of carbonyl (C=O) groups excluding carboxylic acids is 1. The zero-order chi connectivity index (χ0) is 18.6. The minimum Gasteiger partial charge on any atom is -0.726 e. The van der Waals surface area contributed by atoms with Crippen molar-refractivity contribution in [2.24, 2.45) is 5.11 Å². The first-order valence-corrected chi connectivity index (χ1v) is 8.34. The van der Waals surface area contributed by atoms with Gasteiger partial charge >= 0.3 is 35.5 Å². The summed E-state index contributed by atoms with van der Waals surface area (Å²) in [6.07, 6.45) is -7.55. The van der Waals surface area contributed by atoms with Crippen molar-refractivity contribution in [2.75, 3.05) is 0 Å². The van der Waals surface area contributed by atoms with Crippen LogP contribution in [0.4, 0.5) is 0 Å². The van der Waals surface area contributed by atoms with E-state index in [9.17, 15) is 22.9 Å². The van der Waals surface area contributed by atoms with E-state index in [4.69, 9.17) is 15.0 Å². The molecule has 0 saturated carbocycles. The van der Waals surface area contributed by atoms with Crippen LogP contribution >= 0.6 is 0 Å². The molecule has 0 spiro atoms. The molecule has 26 heavy (non-hydrogen) atoms. The number of nitrogens with zero attached hydrogens (tertiary/aromatic N) is 3. The van der Waals surface area contributed by atoms with E-state index in [1.807, 2.05) is 0 Å². The number of ether oxygens (including phenoxy) is 2. The zero-order valence-electron chi connectivity index (χ0n) is 13.8. The third-order valence-electron chi connectivity index (χ3n) is 3.42. The van der Waals surface area contributed by atoms with E-state index in [0.717, 1.165) is 0 Å². The molecule has 1 N–H and O–H groups in total. The topological polar surface area (TPSA) is 171 Å². The molecule has 1 fully saturated rings. The molecule has 11 nitrogen and oxygen atoms in total. The molecule has 5 atom stereocenters. The molecule has 0 amide bonds. The third-order valence-corrected chi connectivity index (χ3v) is 3.88. The molecular formula is C13H14N3NaO8S. The molecule has 1 saturated heterocycles. The molecule has 1 aliphatic heterocycles. The minimum atomic E-state index is -5.24. The molecule has 1 aliphatic rings. The van der Waals surface area contributed by atoms with Gasteiger partial charge in [0.25, 0.3) is 0 Å². The Morgan fingerprint density at radius 1 is 1.35 bits per heavy atom. The summed E-state index contributed by atoms with van der Waals surface area (Å²) >= 11 is 0. The molecule has 0 unspecified atom stereocenters. The van der Waals surface area contributed by atoms with Gasteiger partial charge in [0.1, 0.15) is 12.2 Å². The second-order valence-electron chi connectivity index (χ2n) is 5.13. The maximum atomic E-state index is 12.1. The van der Waals surface area contributed by atoms with E-state index >= 15 is 0 Å². The van der Waals surface area contributed by atoms with Gasteiger partial charge in [0.05, 0.1) is 11.7 Å². The van der Waals surface area contributed by atoms with Gasteiger partial charge in [-0.3, -0.25) is 4.18 Å². The van der Waals surface area contributed by atoms with Gasteiger partial charge in [-0.25, -0.2) is 13.2 Å². The molecule has 2 rings (SSSR count). The standard InChI is InChI=1S/C13H15N3O8S.Na/c1-7-10(23-13(18)8-5-3-2-4-6-8)9(17)11(24-25(19,20)21)12(22-7)15-16-14;/h2-7,9-12,17H,1H3,(H,19,20,21);/q;+1/p-1/t7-,9+,10-,11+,12-;/m0./s1. The van der Waals surface area contributed by atoms with Gasteiger partial charge in [0.2, 0.25) is 10.4 Å². The first-order valence-electron chi connectivity index (χ1n) is 7.01. The second kappa shape index (κ2) is 9.65. The van der Waals surface area contributed by atoms with E-state index < -0.39 is 47.0 Å². The molecule has 0 aromatic heterocycles. The van der Waals surface area contributed by atoms with E-state index in [1.54, 1.807) is 18.2 Å². The fraction of sp³-hybridized carbons (Fsp3) is 0.462. The van der Waals surface area contributed by atoms with Crippen LogP contribution < -0.4 is 29.6 Å². The Hall–Kier alpha value is -1.21. The van der Waals surface area contributed by atoms with Gasteiger partial charge in [-0.15, -0.1) is 0 Å². The Labute approximate surface area is 171 Å². The number of carbonyl (C=O) groups is 1. The quantitative estimate of drug-likeness (QED) is 0.108. The van der Waals surface area contributed by atoms with Crippen molar-refractivity contribution in [3.8, 4) is 0 Å². The third kappa shape index (κ3) is 5.91. The van der Waals surface area contributed by atoms with Crippen LogP contribution in [0.3, 0.4) is 0 Å². The summed E-state index contributed by atoms with van der Waals surface area (Å²) in [5.41, 5.74) is 8.68. The van der Waals surface area contributed by atoms with Crippen molar-refractivity contribution in [1.29, 1.82) is 0 Å². The first kappa shape index (κ1) is 22.8. The molecule has 136 valence electrons. The summed E-state index contributed by atoms with van der Waals surface area (Å²) in [7, 11) is -5.24.